The standard InChI is InChI=1S/C15H22ClN3O4S/c16-14-9-13(24(17,20)21)10-18-15(14)23-12-1-5-19(6-2-12)11-3-7-22-8-4-11/h9-12H,1-8H2,(H2,17,20,21). The van der Waals surface area contributed by atoms with Crippen LogP contribution in [0.25, 0.3) is 0 Å². The molecule has 0 saturated carbocycles. The van der Waals surface area contributed by atoms with E-state index in [1.54, 1.807) is 0 Å². The number of pyridine rings is 1. The minimum Gasteiger partial charge on any atom is -0.473 e. The summed E-state index contributed by atoms with van der Waals surface area (Å²) in [5.74, 6) is 0.258. The molecule has 7 nitrogen and oxygen atoms in total. The lowest BCUT2D eigenvalue weighted by atomic mass is 10.0. The van der Waals surface area contributed by atoms with Gasteiger partial charge in [-0.1, -0.05) is 11.6 Å². The second-order valence-electron chi connectivity index (χ2n) is 6.20. The molecule has 134 valence electrons. The van der Waals surface area contributed by atoms with Crippen molar-refractivity contribution in [3.05, 3.63) is 17.3 Å². The van der Waals surface area contributed by atoms with Gasteiger partial charge < -0.3 is 9.47 Å². The molecule has 0 bridgehead atoms. The lowest BCUT2D eigenvalue weighted by Gasteiger charge is -2.39. The molecule has 2 saturated heterocycles. The Morgan fingerprint density at radius 2 is 1.92 bits per heavy atom. The molecule has 2 N–H and O–H groups in total. The first-order valence-electron chi connectivity index (χ1n) is 8.10. The van der Waals surface area contributed by atoms with E-state index < -0.39 is 10.0 Å². The van der Waals surface area contributed by atoms with Crippen molar-refractivity contribution in [3.8, 4) is 5.88 Å². The predicted molar refractivity (Wildman–Crippen MR) is 89.7 cm³/mol. The number of nitrogens with two attached hydrogens (primary N) is 1. The number of hydrogen-bond donors (Lipinski definition) is 1. The van der Waals surface area contributed by atoms with Crippen LogP contribution < -0.4 is 9.88 Å². The van der Waals surface area contributed by atoms with Gasteiger partial charge in [-0.05, 0) is 31.7 Å². The van der Waals surface area contributed by atoms with Gasteiger partial charge in [-0.25, -0.2) is 18.5 Å². The molecular formula is C15H22ClN3O4S. The number of primary sulfonamides is 1. The number of likely N-dealkylation sites (tertiary alicyclic amines) is 1. The van der Waals surface area contributed by atoms with Crippen LogP contribution in [-0.2, 0) is 14.8 Å². The summed E-state index contributed by atoms with van der Waals surface area (Å²) in [5.41, 5.74) is 0. The molecule has 0 aromatic carbocycles. The summed E-state index contributed by atoms with van der Waals surface area (Å²) in [7, 11) is -3.81. The van der Waals surface area contributed by atoms with Gasteiger partial charge in [-0.2, -0.15) is 0 Å². The van der Waals surface area contributed by atoms with E-state index in [-0.39, 0.29) is 21.9 Å². The Hall–Kier alpha value is -0.930. The summed E-state index contributed by atoms with van der Waals surface area (Å²) in [6.45, 7) is 3.64. The van der Waals surface area contributed by atoms with Crippen LogP contribution >= 0.6 is 11.6 Å². The van der Waals surface area contributed by atoms with Gasteiger partial charge in [0.2, 0.25) is 15.9 Å². The van der Waals surface area contributed by atoms with E-state index >= 15 is 0 Å². The Kier molecular flexibility index (Phi) is 5.61. The van der Waals surface area contributed by atoms with Gasteiger partial charge in [-0.3, -0.25) is 4.90 Å². The van der Waals surface area contributed by atoms with Crippen molar-refractivity contribution >= 4 is 21.6 Å². The average Bonchev–Trinajstić information content (AvgIpc) is 2.57. The van der Waals surface area contributed by atoms with Crippen molar-refractivity contribution in [1.29, 1.82) is 0 Å². The maximum absolute atomic E-state index is 11.3. The lowest BCUT2D eigenvalue weighted by Crippen LogP contribution is -2.46. The number of halogens is 1. The SMILES string of the molecule is NS(=O)(=O)c1cnc(OC2CCN(C3CCOCC3)CC2)c(Cl)c1. The van der Waals surface area contributed by atoms with Gasteiger partial charge in [0.15, 0.2) is 0 Å². The zero-order chi connectivity index (χ0) is 17.2. The molecule has 1 aromatic rings. The predicted octanol–water partition coefficient (Wildman–Crippen LogP) is 1.40. The van der Waals surface area contributed by atoms with E-state index in [2.05, 4.69) is 9.88 Å². The average molecular weight is 376 g/mol. The summed E-state index contributed by atoms with van der Waals surface area (Å²) >= 11 is 6.07. The molecule has 0 spiro atoms. The Morgan fingerprint density at radius 1 is 1.25 bits per heavy atom. The molecule has 2 aliphatic heterocycles. The largest absolute Gasteiger partial charge is 0.473 e. The number of nitrogens with zero attached hydrogens (tertiary/aromatic N) is 2. The van der Waals surface area contributed by atoms with Crippen LogP contribution in [0.3, 0.4) is 0 Å². The van der Waals surface area contributed by atoms with Crippen molar-refractivity contribution in [2.45, 2.75) is 42.7 Å². The second kappa shape index (κ2) is 7.53. The molecule has 3 rings (SSSR count). The van der Waals surface area contributed by atoms with Gasteiger partial charge in [0.25, 0.3) is 0 Å². The maximum atomic E-state index is 11.3. The van der Waals surface area contributed by atoms with E-state index in [1.807, 2.05) is 0 Å². The van der Waals surface area contributed by atoms with Crippen molar-refractivity contribution in [2.24, 2.45) is 5.14 Å². The van der Waals surface area contributed by atoms with Crippen LogP contribution in [0.5, 0.6) is 5.88 Å². The number of ether oxygens (including phenoxy) is 2. The van der Waals surface area contributed by atoms with Crippen LogP contribution in [-0.4, -0.2) is 56.8 Å². The van der Waals surface area contributed by atoms with Gasteiger partial charge in [-0.15, -0.1) is 0 Å². The van der Waals surface area contributed by atoms with Crippen molar-refractivity contribution < 1.29 is 17.9 Å². The quantitative estimate of drug-likeness (QED) is 0.854. The van der Waals surface area contributed by atoms with E-state index in [0.29, 0.717) is 6.04 Å². The highest BCUT2D eigenvalue weighted by atomic mass is 35.5. The first-order valence-corrected chi connectivity index (χ1v) is 10.0. The van der Waals surface area contributed by atoms with E-state index in [9.17, 15) is 8.42 Å². The molecule has 9 heteroatoms. The van der Waals surface area contributed by atoms with E-state index in [0.717, 1.165) is 52.0 Å². The molecule has 0 unspecified atom stereocenters. The number of sulfonamides is 1. The summed E-state index contributed by atoms with van der Waals surface area (Å²) in [5, 5.41) is 5.22. The summed E-state index contributed by atoms with van der Waals surface area (Å²) in [6, 6.07) is 1.88. The highest BCUT2D eigenvalue weighted by molar-refractivity contribution is 7.89. The molecule has 0 amide bonds. The highest BCUT2D eigenvalue weighted by Gasteiger charge is 2.28. The Balaban J connectivity index is 1.56. The van der Waals surface area contributed by atoms with Crippen molar-refractivity contribution in [3.63, 3.8) is 0 Å². The third-order valence-electron chi connectivity index (χ3n) is 4.57. The molecule has 24 heavy (non-hydrogen) atoms. The maximum Gasteiger partial charge on any atom is 0.239 e. The van der Waals surface area contributed by atoms with Gasteiger partial charge in [0, 0.05) is 32.3 Å². The minimum absolute atomic E-state index is 0.0337. The van der Waals surface area contributed by atoms with E-state index in [1.165, 1.54) is 12.3 Å². The highest BCUT2D eigenvalue weighted by Crippen LogP contribution is 2.28. The molecular weight excluding hydrogens is 354 g/mol. The Morgan fingerprint density at radius 3 is 2.50 bits per heavy atom. The first-order chi connectivity index (χ1) is 11.4. The fourth-order valence-electron chi connectivity index (χ4n) is 3.22. The third-order valence-corrected chi connectivity index (χ3v) is 5.72. The number of rotatable bonds is 4. The molecule has 0 radical (unpaired) electrons. The van der Waals surface area contributed by atoms with E-state index in [4.69, 9.17) is 26.2 Å². The zero-order valence-corrected chi connectivity index (χ0v) is 14.9. The van der Waals surface area contributed by atoms with Gasteiger partial charge >= 0.3 is 0 Å². The Bertz CT molecular complexity index is 671. The summed E-state index contributed by atoms with van der Waals surface area (Å²) in [4.78, 5) is 6.39. The summed E-state index contributed by atoms with van der Waals surface area (Å²) < 4.78 is 33.9. The smallest absolute Gasteiger partial charge is 0.239 e. The van der Waals surface area contributed by atoms with Crippen LogP contribution in [0.1, 0.15) is 25.7 Å². The second-order valence-corrected chi connectivity index (χ2v) is 8.17. The van der Waals surface area contributed by atoms with Crippen LogP contribution in [0, 0.1) is 0 Å². The molecule has 3 heterocycles. The number of piperidine rings is 1. The Labute approximate surface area is 147 Å². The van der Waals surface area contributed by atoms with Crippen molar-refractivity contribution in [1.82, 2.24) is 9.88 Å². The normalized spacial score (nSPS) is 21.8. The van der Waals surface area contributed by atoms with Gasteiger partial charge in [0.05, 0.1) is 6.20 Å². The van der Waals surface area contributed by atoms with Crippen LogP contribution in [0.4, 0.5) is 0 Å². The zero-order valence-electron chi connectivity index (χ0n) is 13.4. The fourth-order valence-corrected chi connectivity index (χ4v) is 3.97. The van der Waals surface area contributed by atoms with Crippen LogP contribution in [0.15, 0.2) is 17.2 Å². The topological polar surface area (TPSA) is 94.8 Å². The fraction of sp³-hybridized carbons (Fsp3) is 0.667. The number of aromatic nitrogens is 1. The summed E-state index contributed by atoms with van der Waals surface area (Å²) in [6.07, 6.45) is 5.18. The molecule has 1 aromatic heterocycles. The van der Waals surface area contributed by atoms with Crippen LogP contribution in [0.2, 0.25) is 5.02 Å². The first kappa shape index (κ1) is 17.9. The van der Waals surface area contributed by atoms with Crippen molar-refractivity contribution in [2.75, 3.05) is 26.3 Å². The van der Waals surface area contributed by atoms with Gasteiger partial charge in [0.1, 0.15) is 16.0 Å². The lowest BCUT2D eigenvalue weighted by molar-refractivity contribution is 0.00947. The molecule has 2 fully saturated rings. The molecule has 0 atom stereocenters. The monoisotopic (exact) mass is 375 g/mol. The molecule has 2 aliphatic rings. The number of hydrogen-bond acceptors (Lipinski definition) is 6. The minimum atomic E-state index is -3.81. The molecule has 0 aliphatic carbocycles. The third kappa shape index (κ3) is 4.37.